The monoisotopic (exact) mass is 412 g/mol. The van der Waals surface area contributed by atoms with Crippen molar-refractivity contribution in [1.82, 2.24) is 0 Å². The fourth-order valence-electron chi connectivity index (χ4n) is 2.82. The number of hydrogen-bond donors (Lipinski definition) is 0. The molecule has 0 aliphatic rings. The van der Waals surface area contributed by atoms with Crippen molar-refractivity contribution in [2.45, 2.75) is 6.92 Å². The first-order chi connectivity index (χ1) is 15.0. The van der Waals surface area contributed by atoms with Gasteiger partial charge in [-0.3, -0.25) is 4.79 Å². The van der Waals surface area contributed by atoms with Crippen LogP contribution < -0.4 is 4.74 Å². The Morgan fingerprint density at radius 1 is 0.839 bits per heavy atom. The van der Waals surface area contributed by atoms with Crippen LogP contribution in [0.3, 0.4) is 0 Å². The molecule has 0 bridgehead atoms. The number of hydrogen-bond acceptors (Lipinski definition) is 4. The van der Waals surface area contributed by atoms with E-state index in [2.05, 4.69) is 6.58 Å². The average Bonchev–Trinajstić information content (AvgIpc) is 2.81. The Morgan fingerprint density at radius 2 is 1.45 bits per heavy atom. The van der Waals surface area contributed by atoms with Gasteiger partial charge in [0.1, 0.15) is 19.0 Å². The molecule has 0 aliphatic heterocycles. The molecule has 3 rings (SSSR count). The van der Waals surface area contributed by atoms with Gasteiger partial charge in [-0.25, -0.2) is 4.79 Å². The first-order valence-corrected chi connectivity index (χ1v) is 9.96. The number of esters is 1. The first-order valence-electron chi connectivity index (χ1n) is 9.96. The Bertz CT molecular complexity index is 1060. The summed E-state index contributed by atoms with van der Waals surface area (Å²) in [5.41, 5.74) is 4.11. The minimum absolute atomic E-state index is 0.0188. The summed E-state index contributed by atoms with van der Waals surface area (Å²) in [4.78, 5) is 23.5. The lowest BCUT2D eigenvalue weighted by Crippen LogP contribution is -2.12. The molecule has 0 unspecified atom stereocenters. The smallest absolute Gasteiger partial charge is 0.333 e. The second-order valence-corrected chi connectivity index (χ2v) is 6.97. The van der Waals surface area contributed by atoms with E-state index in [0.29, 0.717) is 16.9 Å². The molecule has 0 amide bonds. The quantitative estimate of drug-likeness (QED) is 0.194. The number of ether oxygens (including phenoxy) is 2. The summed E-state index contributed by atoms with van der Waals surface area (Å²) in [5.74, 6) is 0.269. The molecule has 0 saturated carbocycles. The van der Waals surface area contributed by atoms with Crippen LogP contribution in [-0.4, -0.2) is 25.0 Å². The summed E-state index contributed by atoms with van der Waals surface area (Å²) in [6.07, 6.45) is 3.40. The normalized spacial score (nSPS) is 10.6. The highest BCUT2D eigenvalue weighted by molar-refractivity contribution is 6.06. The SMILES string of the molecule is C=C(C)C(=O)OCCOc1ccc(-c2ccc(C=CC(=O)c3ccccc3)cc2)cc1. The maximum Gasteiger partial charge on any atom is 0.333 e. The van der Waals surface area contributed by atoms with E-state index in [1.165, 1.54) is 0 Å². The Kier molecular flexibility index (Phi) is 7.55. The maximum atomic E-state index is 12.2. The molecule has 156 valence electrons. The molecule has 0 atom stereocenters. The van der Waals surface area contributed by atoms with Crippen molar-refractivity contribution in [3.05, 3.63) is 108 Å². The lowest BCUT2D eigenvalue weighted by atomic mass is 10.0. The Hall–Kier alpha value is -3.92. The van der Waals surface area contributed by atoms with Gasteiger partial charge in [-0.1, -0.05) is 79.4 Å². The van der Waals surface area contributed by atoms with Crippen LogP contribution in [0.15, 0.2) is 97.1 Å². The van der Waals surface area contributed by atoms with Crippen LogP contribution in [-0.2, 0) is 9.53 Å². The lowest BCUT2D eigenvalue weighted by Gasteiger charge is -2.08. The van der Waals surface area contributed by atoms with Gasteiger partial charge >= 0.3 is 5.97 Å². The van der Waals surface area contributed by atoms with E-state index in [4.69, 9.17) is 9.47 Å². The van der Waals surface area contributed by atoms with Crippen molar-refractivity contribution in [2.75, 3.05) is 13.2 Å². The Balaban J connectivity index is 1.53. The number of rotatable bonds is 9. The molecule has 4 nitrogen and oxygen atoms in total. The minimum atomic E-state index is -0.415. The fraction of sp³-hybridized carbons (Fsp3) is 0.111. The van der Waals surface area contributed by atoms with Crippen molar-refractivity contribution in [2.24, 2.45) is 0 Å². The molecule has 0 N–H and O–H groups in total. The molecule has 0 saturated heterocycles. The van der Waals surface area contributed by atoms with Crippen LogP contribution in [0.4, 0.5) is 0 Å². The van der Waals surface area contributed by atoms with Crippen molar-refractivity contribution in [1.29, 1.82) is 0 Å². The number of benzene rings is 3. The van der Waals surface area contributed by atoms with E-state index >= 15 is 0 Å². The van der Waals surface area contributed by atoms with Crippen molar-refractivity contribution < 1.29 is 19.1 Å². The third kappa shape index (κ3) is 6.54. The molecule has 0 aromatic heterocycles. The molecule has 3 aromatic rings. The molecule has 0 heterocycles. The van der Waals surface area contributed by atoms with Crippen LogP contribution in [0.2, 0.25) is 0 Å². The van der Waals surface area contributed by atoms with Crippen LogP contribution in [0.1, 0.15) is 22.8 Å². The standard InChI is InChI=1S/C27H24O4/c1-20(2)27(29)31-19-18-30-25-15-13-23(14-16-25)22-11-8-21(9-12-22)10-17-26(28)24-6-4-3-5-7-24/h3-17H,1,18-19H2,2H3. The number of carbonyl (C=O) groups is 2. The van der Waals surface area contributed by atoms with E-state index in [1.54, 1.807) is 25.1 Å². The van der Waals surface area contributed by atoms with Gasteiger partial charge in [-0.15, -0.1) is 0 Å². The second-order valence-electron chi connectivity index (χ2n) is 6.97. The molecule has 4 heteroatoms. The summed E-state index contributed by atoms with van der Waals surface area (Å²) in [7, 11) is 0. The van der Waals surface area contributed by atoms with E-state index in [1.807, 2.05) is 72.8 Å². The molecule has 0 aliphatic carbocycles. The van der Waals surface area contributed by atoms with Gasteiger partial charge in [0, 0.05) is 11.1 Å². The third-order valence-corrected chi connectivity index (χ3v) is 4.52. The largest absolute Gasteiger partial charge is 0.490 e. The highest BCUT2D eigenvalue weighted by atomic mass is 16.6. The van der Waals surface area contributed by atoms with Crippen LogP contribution in [0.5, 0.6) is 5.75 Å². The number of carbonyl (C=O) groups excluding carboxylic acids is 2. The van der Waals surface area contributed by atoms with E-state index in [9.17, 15) is 9.59 Å². The van der Waals surface area contributed by atoms with Crippen molar-refractivity contribution >= 4 is 17.8 Å². The lowest BCUT2D eigenvalue weighted by molar-refractivity contribution is -0.139. The van der Waals surface area contributed by atoms with Gasteiger partial charge in [0.25, 0.3) is 0 Å². The summed E-state index contributed by atoms with van der Waals surface area (Å²) < 4.78 is 10.6. The van der Waals surface area contributed by atoms with Crippen molar-refractivity contribution in [3.63, 3.8) is 0 Å². The molecular weight excluding hydrogens is 388 g/mol. The van der Waals surface area contributed by atoms with Gasteiger partial charge in [0.05, 0.1) is 0 Å². The zero-order chi connectivity index (χ0) is 22.1. The van der Waals surface area contributed by atoms with Gasteiger partial charge in [-0.05, 0) is 41.8 Å². The Labute approximate surface area is 182 Å². The second kappa shape index (κ2) is 10.7. The molecule has 0 fully saturated rings. The summed E-state index contributed by atoms with van der Waals surface area (Å²) in [6.45, 7) is 5.59. The van der Waals surface area contributed by atoms with E-state index < -0.39 is 5.97 Å². The number of ketones is 1. The summed E-state index contributed by atoms with van der Waals surface area (Å²) in [5, 5.41) is 0. The third-order valence-electron chi connectivity index (χ3n) is 4.52. The van der Waals surface area contributed by atoms with E-state index in [0.717, 1.165) is 16.7 Å². The summed E-state index contributed by atoms with van der Waals surface area (Å²) >= 11 is 0. The predicted molar refractivity (Wildman–Crippen MR) is 123 cm³/mol. The highest BCUT2D eigenvalue weighted by Gasteiger charge is 2.04. The molecule has 3 aromatic carbocycles. The van der Waals surface area contributed by atoms with Crippen LogP contribution >= 0.6 is 0 Å². The average molecular weight is 412 g/mol. The molecule has 31 heavy (non-hydrogen) atoms. The predicted octanol–water partition coefficient (Wildman–Crippen LogP) is 5.75. The molecule has 0 radical (unpaired) electrons. The minimum Gasteiger partial charge on any atom is -0.490 e. The van der Waals surface area contributed by atoms with Crippen LogP contribution in [0, 0.1) is 0 Å². The Morgan fingerprint density at radius 3 is 2.06 bits per heavy atom. The van der Waals surface area contributed by atoms with Gasteiger partial charge in [0.15, 0.2) is 5.78 Å². The van der Waals surface area contributed by atoms with Gasteiger partial charge in [-0.2, -0.15) is 0 Å². The van der Waals surface area contributed by atoms with Gasteiger partial charge < -0.3 is 9.47 Å². The zero-order valence-electron chi connectivity index (χ0n) is 17.4. The molecular formula is C27H24O4. The maximum absolute atomic E-state index is 12.2. The topological polar surface area (TPSA) is 52.6 Å². The fourth-order valence-corrected chi connectivity index (χ4v) is 2.82. The molecule has 0 spiro atoms. The highest BCUT2D eigenvalue weighted by Crippen LogP contribution is 2.23. The van der Waals surface area contributed by atoms with E-state index in [-0.39, 0.29) is 19.0 Å². The van der Waals surface area contributed by atoms with Crippen LogP contribution in [0.25, 0.3) is 17.2 Å². The van der Waals surface area contributed by atoms with Gasteiger partial charge in [0.2, 0.25) is 0 Å². The zero-order valence-corrected chi connectivity index (χ0v) is 17.4. The summed E-state index contributed by atoms with van der Waals surface area (Å²) in [6, 6.07) is 24.9. The first kappa shape index (κ1) is 21.8. The van der Waals surface area contributed by atoms with Crippen molar-refractivity contribution in [3.8, 4) is 16.9 Å². The number of allylic oxidation sites excluding steroid dienone is 1.